The molecular weight excluding hydrogens is 326 g/mol. The minimum Gasteiger partial charge on any atom is -0.461 e. The van der Waals surface area contributed by atoms with E-state index < -0.39 is 11.6 Å². The van der Waals surface area contributed by atoms with Gasteiger partial charge in [-0.15, -0.1) is 0 Å². The van der Waals surface area contributed by atoms with Crippen LogP contribution in [-0.4, -0.2) is 53.5 Å². The molecule has 140 valence electrons. The van der Waals surface area contributed by atoms with Gasteiger partial charge in [-0.2, -0.15) is 0 Å². The van der Waals surface area contributed by atoms with E-state index >= 15 is 0 Å². The monoisotopic (exact) mass is 353 g/mol. The molecule has 2 heterocycles. The molecule has 0 saturated carbocycles. The first-order chi connectivity index (χ1) is 11.8. The predicted molar refractivity (Wildman–Crippen MR) is 90.1 cm³/mol. The summed E-state index contributed by atoms with van der Waals surface area (Å²) in [6.45, 7) is 9.79. The van der Waals surface area contributed by atoms with E-state index in [-0.39, 0.29) is 17.8 Å². The summed E-state index contributed by atoms with van der Waals surface area (Å²) >= 11 is 0. The maximum Gasteiger partial charge on any atom is 0.407 e. The molecule has 0 unspecified atom stereocenters. The maximum absolute atomic E-state index is 11.8. The number of ether oxygens (including phenoxy) is 2. The molecule has 1 saturated heterocycles. The second-order valence-corrected chi connectivity index (χ2v) is 7.10. The van der Waals surface area contributed by atoms with Crippen molar-refractivity contribution in [2.24, 2.45) is 0 Å². The maximum atomic E-state index is 11.8. The number of esters is 1. The number of amides is 1. The Labute approximate surface area is 147 Å². The lowest BCUT2D eigenvalue weighted by atomic mass is 10.1. The van der Waals surface area contributed by atoms with Gasteiger partial charge in [-0.3, -0.25) is 4.90 Å². The first-order valence-electron chi connectivity index (χ1n) is 8.61. The molecule has 1 aliphatic heterocycles. The number of hydrogen-bond acceptors (Lipinski definition) is 7. The molecule has 0 spiro atoms. The van der Waals surface area contributed by atoms with E-state index in [0.29, 0.717) is 18.9 Å². The van der Waals surface area contributed by atoms with Gasteiger partial charge in [-0.05, 0) is 40.5 Å². The van der Waals surface area contributed by atoms with Crippen molar-refractivity contribution in [2.45, 2.75) is 58.7 Å². The van der Waals surface area contributed by atoms with Gasteiger partial charge in [-0.1, -0.05) is 5.16 Å². The molecule has 0 atom stereocenters. The zero-order chi connectivity index (χ0) is 18.4. The first kappa shape index (κ1) is 19.2. The number of nitrogens with one attached hydrogen (secondary N) is 1. The summed E-state index contributed by atoms with van der Waals surface area (Å²) in [4.78, 5) is 25.6. The third-order valence-electron chi connectivity index (χ3n) is 3.73. The van der Waals surface area contributed by atoms with Crippen LogP contribution in [0, 0.1) is 0 Å². The van der Waals surface area contributed by atoms with Crippen LogP contribution >= 0.6 is 0 Å². The normalized spacial score (nSPS) is 16.5. The molecule has 0 aromatic carbocycles. The SMILES string of the molecule is CCOC(=O)c1cc(CN2CCC(NC(=O)OC(C)(C)C)CC2)on1. The second-order valence-electron chi connectivity index (χ2n) is 7.10. The van der Waals surface area contributed by atoms with Crippen LogP contribution in [0.2, 0.25) is 0 Å². The Hall–Kier alpha value is -2.09. The first-order valence-corrected chi connectivity index (χ1v) is 8.61. The minimum atomic E-state index is -0.492. The zero-order valence-corrected chi connectivity index (χ0v) is 15.3. The number of hydrogen-bond donors (Lipinski definition) is 1. The number of aromatic nitrogens is 1. The fraction of sp³-hybridized carbons (Fsp3) is 0.706. The van der Waals surface area contributed by atoms with Crippen molar-refractivity contribution >= 4 is 12.1 Å². The number of nitrogens with zero attached hydrogens (tertiary/aromatic N) is 2. The summed E-state index contributed by atoms with van der Waals surface area (Å²) in [7, 11) is 0. The Morgan fingerprint density at radius 1 is 1.36 bits per heavy atom. The Morgan fingerprint density at radius 2 is 2.04 bits per heavy atom. The fourth-order valence-corrected chi connectivity index (χ4v) is 2.62. The van der Waals surface area contributed by atoms with Crippen LogP contribution in [0.3, 0.4) is 0 Å². The largest absolute Gasteiger partial charge is 0.461 e. The number of likely N-dealkylation sites (tertiary alicyclic amines) is 1. The lowest BCUT2D eigenvalue weighted by molar-refractivity contribution is 0.0471. The highest BCUT2D eigenvalue weighted by molar-refractivity contribution is 5.87. The van der Waals surface area contributed by atoms with Crippen molar-refractivity contribution in [3.63, 3.8) is 0 Å². The lowest BCUT2D eigenvalue weighted by Gasteiger charge is -2.32. The number of alkyl carbamates (subject to hydrolysis) is 1. The van der Waals surface area contributed by atoms with Gasteiger partial charge < -0.3 is 19.3 Å². The van der Waals surface area contributed by atoms with Crippen LogP contribution in [0.25, 0.3) is 0 Å². The van der Waals surface area contributed by atoms with Gasteiger partial charge in [0.05, 0.1) is 13.2 Å². The highest BCUT2D eigenvalue weighted by Gasteiger charge is 2.24. The highest BCUT2D eigenvalue weighted by atomic mass is 16.6. The van der Waals surface area contributed by atoms with Crippen molar-refractivity contribution in [1.82, 2.24) is 15.4 Å². The van der Waals surface area contributed by atoms with E-state index in [2.05, 4.69) is 15.4 Å². The molecule has 8 heteroatoms. The predicted octanol–water partition coefficient (Wildman–Crippen LogP) is 2.34. The van der Waals surface area contributed by atoms with Crippen LogP contribution in [0.15, 0.2) is 10.6 Å². The molecule has 1 aromatic rings. The molecule has 2 rings (SSSR count). The van der Waals surface area contributed by atoms with E-state index in [4.69, 9.17) is 14.0 Å². The van der Waals surface area contributed by atoms with Gasteiger partial charge >= 0.3 is 12.1 Å². The molecule has 1 fully saturated rings. The standard InChI is InChI=1S/C17H27N3O5/c1-5-23-15(21)14-10-13(25-19-14)11-20-8-6-12(7-9-20)18-16(22)24-17(2,3)4/h10,12H,5-9,11H2,1-4H3,(H,18,22). The number of carbonyl (C=O) groups excluding carboxylic acids is 2. The third-order valence-corrected chi connectivity index (χ3v) is 3.73. The Morgan fingerprint density at radius 3 is 2.64 bits per heavy atom. The van der Waals surface area contributed by atoms with E-state index in [1.807, 2.05) is 20.8 Å². The molecule has 0 aliphatic carbocycles. The van der Waals surface area contributed by atoms with Crippen molar-refractivity contribution in [1.29, 1.82) is 0 Å². The molecule has 1 aliphatic rings. The fourth-order valence-electron chi connectivity index (χ4n) is 2.62. The summed E-state index contributed by atoms with van der Waals surface area (Å²) in [5.41, 5.74) is -0.299. The average Bonchev–Trinajstić information content (AvgIpc) is 2.96. The van der Waals surface area contributed by atoms with Gasteiger partial charge in [0.15, 0.2) is 11.5 Å². The Kier molecular flexibility index (Phi) is 6.41. The van der Waals surface area contributed by atoms with Crippen molar-refractivity contribution < 1.29 is 23.6 Å². The van der Waals surface area contributed by atoms with Crippen molar-refractivity contribution in [3.05, 3.63) is 17.5 Å². The third kappa shape index (κ3) is 6.38. The van der Waals surface area contributed by atoms with Crippen LogP contribution in [-0.2, 0) is 16.0 Å². The smallest absolute Gasteiger partial charge is 0.407 e. The van der Waals surface area contributed by atoms with E-state index in [0.717, 1.165) is 25.9 Å². The summed E-state index contributed by atoms with van der Waals surface area (Å²) in [6.07, 6.45) is 1.29. The molecule has 0 bridgehead atoms. The molecule has 1 aromatic heterocycles. The van der Waals surface area contributed by atoms with Crippen LogP contribution in [0.4, 0.5) is 4.79 Å². The number of rotatable bonds is 5. The molecule has 1 amide bonds. The Balaban J connectivity index is 1.75. The van der Waals surface area contributed by atoms with Gasteiger partial charge in [0.1, 0.15) is 5.60 Å². The zero-order valence-electron chi connectivity index (χ0n) is 15.3. The van der Waals surface area contributed by atoms with Gasteiger partial charge in [-0.25, -0.2) is 9.59 Å². The Bertz CT molecular complexity index is 585. The van der Waals surface area contributed by atoms with Gasteiger partial charge in [0, 0.05) is 25.2 Å². The molecular formula is C17H27N3O5. The van der Waals surface area contributed by atoms with Crippen LogP contribution in [0.5, 0.6) is 0 Å². The molecule has 0 radical (unpaired) electrons. The second kappa shape index (κ2) is 8.33. The van der Waals surface area contributed by atoms with E-state index in [1.165, 1.54) is 0 Å². The quantitative estimate of drug-likeness (QED) is 0.812. The van der Waals surface area contributed by atoms with E-state index in [1.54, 1.807) is 13.0 Å². The van der Waals surface area contributed by atoms with Gasteiger partial charge in [0.2, 0.25) is 0 Å². The number of carbonyl (C=O) groups is 2. The lowest BCUT2D eigenvalue weighted by Crippen LogP contribution is -2.45. The van der Waals surface area contributed by atoms with Gasteiger partial charge in [0.25, 0.3) is 0 Å². The highest BCUT2D eigenvalue weighted by Crippen LogP contribution is 2.16. The molecule has 1 N–H and O–H groups in total. The minimum absolute atomic E-state index is 0.107. The summed E-state index contributed by atoms with van der Waals surface area (Å²) < 4.78 is 15.4. The topological polar surface area (TPSA) is 93.9 Å². The summed E-state index contributed by atoms with van der Waals surface area (Å²) in [5, 5.41) is 6.65. The summed E-state index contributed by atoms with van der Waals surface area (Å²) in [5.74, 6) is 0.152. The van der Waals surface area contributed by atoms with E-state index in [9.17, 15) is 9.59 Å². The van der Waals surface area contributed by atoms with Crippen LogP contribution in [0.1, 0.15) is 56.8 Å². The van der Waals surface area contributed by atoms with Crippen molar-refractivity contribution in [2.75, 3.05) is 19.7 Å². The van der Waals surface area contributed by atoms with Crippen LogP contribution < -0.4 is 5.32 Å². The van der Waals surface area contributed by atoms with Crippen molar-refractivity contribution in [3.8, 4) is 0 Å². The number of piperidine rings is 1. The average molecular weight is 353 g/mol. The summed E-state index contributed by atoms with van der Waals surface area (Å²) in [6, 6.07) is 1.72. The molecule has 8 nitrogen and oxygen atoms in total. The molecule has 25 heavy (non-hydrogen) atoms.